The van der Waals surface area contributed by atoms with E-state index in [1.54, 1.807) is 14.0 Å². The predicted octanol–water partition coefficient (Wildman–Crippen LogP) is 4.56. The Morgan fingerprint density at radius 2 is 2.03 bits per heavy atom. The van der Waals surface area contributed by atoms with Gasteiger partial charge in [0.2, 0.25) is 5.91 Å². The second kappa shape index (κ2) is 10.9. The van der Waals surface area contributed by atoms with Crippen LogP contribution in [0, 0.1) is 0 Å². The predicted molar refractivity (Wildman–Crippen MR) is 117 cm³/mol. The van der Waals surface area contributed by atoms with Crippen molar-refractivity contribution in [1.82, 2.24) is 20.1 Å². The van der Waals surface area contributed by atoms with Crippen LogP contribution in [-0.2, 0) is 11.3 Å². The first-order chi connectivity index (χ1) is 15.3. The Kier molecular flexibility index (Phi) is 8.27. The number of aromatic nitrogens is 3. The Bertz CT molecular complexity index is 900. The third kappa shape index (κ3) is 6.78. The van der Waals surface area contributed by atoms with E-state index in [0.29, 0.717) is 11.7 Å². The second-order valence-electron chi connectivity index (χ2n) is 7.74. The van der Waals surface area contributed by atoms with Gasteiger partial charge in [-0.15, -0.1) is 10.2 Å². The number of hydrogen-bond acceptors (Lipinski definition) is 6. The molecule has 3 rings (SSSR count). The van der Waals surface area contributed by atoms with Crippen molar-refractivity contribution in [1.29, 1.82) is 0 Å². The molecule has 1 amide bonds. The maximum Gasteiger partial charge on any atom is 0.405 e. The minimum absolute atomic E-state index is 0.203. The molecule has 0 bridgehead atoms. The van der Waals surface area contributed by atoms with Crippen molar-refractivity contribution >= 4 is 23.4 Å². The van der Waals surface area contributed by atoms with Crippen molar-refractivity contribution in [3.63, 3.8) is 0 Å². The number of methoxy groups -OCH3 is 1. The molecule has 1 aliphatic carbocycles. The van der Waals surface area contributed by atoms with Crippen LogP contribution in [-0.4, -0.2) is 45.8 Å². The first-order valence-electron chi connectivity index (χ1n) is 10.6. The fourth-order valence-corrected chi connectivity index (χ4v) is 4.63. The molecular formula is C21H28F3N5O2S. The van der Waals surface area contributed by atoms with Gasteiger partial charge in [0.15, 0.2) is 11.0 Å². The number of thioether (sulfide) groups is 1. The van der Waals surface area contributed by atoms with Gasteiger partial charge in [-0.3, -0.25) is 4.79 Å². The molecule has 1 aromatic carbocycles. The van der Waals surface area contributed by atoms with Crippen LogP contribution < -0.4 is 15.4 Å². The van der Waals surface area contributed by atoms with Crippen LogP contribution in [0.2, 0.25) is 0 Å². The second-order valence-corrected chi connectivity index (χ2v) is 9.05. The van der Waals surface area contributed by atoms with Crippen molar-refractivity contribution in [3.05, 3.63) is 30.1 Å². The summed E-state index contributed by atoms with van der Waals surface area (Å²) in [5.74, 6) is 0.783. The van der Waals surface area contributed by atoms with Gasteiger partial charge >= 0.3 is 6.18 Å². The molecule has 11 heteroatoms. The van der Waals surface area contributed by atoms with Gasteiger partial charge in [-0.2, -0.15) is 13.2 Å². The minimum atomic E-state index is -4.44. The summed E-state index contributed by atoms with van der Waals surface area (Å²) in [6.45, 7) is 0.651. The maximum atomic E-state index is 12.4. The molecule has 0 spiro atoms. The van der Waals surface area contributed by atoms with Gasteiger partial charge in [0.1, 0.15) is 12.3 Å². The van der Waals surface area contributed by atoms with Crippen LogP contribution in [0.5, 0.6) is 5.75 Å². The number of ether oxygens (including phenoxy) is 1. The van der Waals surface area contributed by atoms with Gasteiger partial charge in [0, 0.05) is 17.8 Å². The van der Waals surface area contributed by atoms with Crippen LogP contribution in [0.15, 0.2) is 29.4 Å². The van der Waals surface area contributed by atoms with Crippen LogP contribution in [0.4, 0.5) is 18.9 Å². The Morgan fingerprint density at radius 1 is 1.28 bits per heavy atom. The van der Waals surface area contributed by atoms with Gasteiger partial charge in [0.05, 0.1) is 18.9 Å². The molecule has 0 radical (unpaired) electrons. The molecule has 2 N–H and O–H groups in total. The van der Waals surface area contributed by atoms with Crippen molar-refractivity contribution in [3.8, 4) is 5.75 Å². The summed E-state index contributed by atoms with van der Waals surface area (Å²) in [5.41, 5.74) is 0.872. The smallest absolute Gasteiger partial charge is 0.405 e. The van der Waals surface area contributed by atoms with Gasteiger partial charge in [-0.05, 0) is 31.9 Å². The highest BCUT2D eigenvalue weighted by molar-refractivity contribution is 8.00. The van der Waals surface area contributed by atoms with Gasteiger partial charge in [-0.25, -0.2) is 0 Å². The Hall–Kier alpha value is -2.43. The summed E-state index contributed by atoms with van der Waals surface area (Å²) < 4.78 is 44.6. The fraction of sp³-hybridized carbons (Fsp3) is 0.571. The molecule has 2 aromatic rings. The molecule has 1 aromatic heterocycles. The zero-order valence-corrected chi connectivity index (χ0v) is 18.9. The van der Waals surface area contributed by atoms with E-state index in [-0.39, 0.29) is 6.04 Å². The summed E-state index contributed by atoms with van der Waals surface area (Å²) in [6.07, 6.45) is 0.878. The fourth-order valence-electron chi connectivity index (χ4n) is 3.67. The summed E-state index contributed by atoms with van der Waals surface area (Å²) in [7, 11) is 1.61. The number of nitrogens with zero attached hydrogens (tertiary/aromatic N) is 3. The quantitative estimate of drug-likeness (QED) is 0.522. The molecule has 0 saturated heterocycles. The first-order valence-corrected chi connectivity index (χ1v) is 11.5. The Morgan fingerprint density at radius 3 is 2.72 bits per heavy atom. The topological polar surface area (TPSA) is 81.1 Å². The van der Waals surface area contributed by atoms with Crippen LogP contribution in [0.1, 0.15) is 50.9 Å². The van der Waals surface area contributed by atoms with E-state index >= 15 is 0 Å². The van der Waals surface area contributed by atoms with E-state index in [4.69, 9.17) is 4.74 Å². The molecule has 1 unspecified atom stereocenters. The number of carbonyl (C=O) groups excluding carboxylic acids is 1. The van der Waals surface area contributed by atoms with Gasteiger partial charge in [0.25, 0.3) is 0 Å². The Labute approximate surface area is 189 Å². The molecule has 1 saturated carbocycles. The Balaban J connectivity index is 1.74. The number of hydrogen-bond donors (Lipinski definition) is 2. The van der Waals surface area contributed by atoms with Crippen molar-refractivity contribution in [2.75, 3.05) is 19.0 Å². The molecule has 1 fully saturated rings. The lowest BCUT2D eigenvalue weighted by atomic mass is 9.95. The standard InChI is InChI=1S/C21H28F3N5O2S/c1-14(19(30)26-13-21(22,23)24)32-20-28-27-18(29(20)16-8-4-3-5-9-16)12-25-15-7-6-10-17(11-15)31-2/h6-7,10-11,14,16,25H,3-5,8-9,12-13H2,1-2H3,(H,26,30). The van der Waals surface area contributed by atoms with Crippen LogP contribution in [0.25, 0.3) is 0 Å². The molecule has 1 atom stereocenters. The van der Waals surface area contributed by atoms with E-state index in [1.807, 2.05) is 34.1 Å². The molecule has 32 heavy (non-hydrogen) atoms. The van der Waals surface area contributed by atoms with E-state index in [2.05, 4.69) is 15.5 Å². The summed E-state index contributed by atoms with van der Waals surface area (Å²) in [6, 6.07) is 7.75. The summed E-state index contributed by atoms with van der Waals surface area (Å²) in [5, 5.41) is 13.7. The average Bonchev–Trinajstić information content (AvgIpc) is 3.18. The summed E-state index contributed by atoms with van der Waals surface area (Å²) in [4.78, 5) is 12.1. The zero-order valence-electron chi connectivity index (χ0n) is 18.1. The van der Waals surface area contributed by atoms with Crippen LogP contribution >= 0.6 is 11.8 Å². The normalized spacial score (nSPS) is 15.9. The number of alkyl halides is 3. The third-order valence-corrected chi connectivity index (χ3v) is 6.37. The highest BCUT2D eigenvalue weighted by Crippen LogP contribution is 2.34. The van der Waals surface area contributed by atoms with E-state index in [9.17, 15) is 18.0 Å². The molecule has 1 heterocycles. The molecule has 176 valence electrons. The molecule has 1 aliphatic rings. The van der Waals surface area contributed by atoms with E-state index in [1.165, 1.54) is 6.42 Å². The molecule has 7 nitrogen and oxygen atoms in total. The highest BCUT2D eigenvalue weighted by Gasteiger charge is 2.30. The average molecular weight is 472 g/mol. The number of benzene rings is 1. The SMILES string of the molecule is COc1cccc(NCc2nnc(SC(C)C(=O)NCC(F)(F)F)n2C2CCCCC2)c1. The van der Waals surface area contributed by atoms with Gasteiger partial charge in [-0.1, -0.05) is 37.1 Å². The number of rotatable bonds is 9. The number of carbonyl (C=O) groups is 1. The zero-order chi connectivity index (χ0) is 23.1. The number of halogens is 3. The third-order valence-electron chi connectivity index (χ3n) is 5.31. The van der Waals surface area contributed by atoms with E-state index in [0.717, 1.165) is 54.7 Å². The van der Waals surface area contributed by atoms with Gasteiger partial charge < -0.3 is 19.9 Å². The molecular weight excluding hydrogens is 443 g/mol. The summed E-state index contributed by atoms with van der Waals surface area (Å²) >= 11 is 1.13. The lowest BCUT2D eigenvalue weighted by Crippen LogP contribution is -2.38. The largest absolute Gasteiger partial charge is 0.497 e. The number of amides is 1. The first kappa shape index (κ1) is 24.2. The van der Waals surface area contributed by atoms with Crippen molar-refractivity contribution < 1.29 is 22.7 Å². The minimum Gasteiger partial charge on any atom is -0.497 e. The maximum absolute atomic E-state index is 12.4. The van der Waals surface area contributed by atoms with Crippen molar-refractivity contribution in [2.45, 2.75) is 68.2 Å². The van der Waals surface area contributed by atoms with Crippen molar-refractivity contribution in [2.24, 2.45) is 0 Å². The van der Waals surface area contributed by atoms with Crippen LogP contribution in [0.3, 0.4) is 0 Å². The molecule has 0 aliphatic heterocycles. The monoisotopic (exact) mass is 471 g/mol. The number of anilines is 1. The van der Waals surface area contributed by atoms with E-state index < -0.39 is 23.9 Å². The number of nitrogens with one attached hydrogen (secondary N) is 2. The lowest BCUT2D eigenvalue weighted by molar-refractivity contribution is -0.137. The lowest BCUT2D eigenvalue weighted by Gasteiger charge is -2.26. The highest BCUT2D eigenvalue weighted by atomic mass is 32.2.